The van der Waals surface area contributed by atoms with E-state index in [0.717, 1.165) is 0 Å². The lowest BCUT2D eigenvalue weighted by Crippen LogP contribution is -2.56. The van der Waals surface area contributed by atoms with Crippen molar-refractivity contribution in [1.29, 1.82) is 0 Å². The van der Waals surface area contributed by atoms with Crippen molar-refractivity contribution in [2.24, 2.45) is 0 Å². The van der Waals surface area contributed by atoms with Crippen LogP contribution < -0.4 is 5.32 Å². The highest BCUT2D eigenvalue weighted by Gasteiger charge is 2.29. The summed E-state index contributed by atoms with van der Waals surface area (Å²) in [6.45, 7) is -1.48. The van der Waals surface area contributed by atoms with Crippen LogP contribution in [-0.4, -0.2) is 49.1 Å². The van der Waals surface area contributed by atoms with E-state index in [2.05, 4.69) is 10.1 Å². The molecule has 0 aromatic carbocycles. The summed E-state index contributed by atoms with van der Waals surface area (Å²) in [5, 5.41) is 2.56. The van der Waals surface area contributed by atoms with Crippen LogP contribution in [0.3, 0.4) is 0 Å². The molecule has 1 heterocycles. The summed E-state index contributed by atoms with van der Waals surface area (Å²) in [6, 6.07) is -0.632. The zero-order chi connectivity index (χ0) is 11.4. The predicted octanol–water partition coefficient (Wildman–Crippen LogP) is -0.427. The number of carbonyl (C=O) groups is 2. The van der Waals surface area contributed by atoms with Gasteiger partial charge < -0.3 is 15.0 Å². The van der Waals surface area contributed by atoms with Crippen molar-refractivity contribution in [3.63, 3.8) is 0 Å². The van der Waals surface area contributed by atoms with Crippen molar-refractivity contribution in [3.8, 4) is 0 Å². The molecule has 7 heteroatoms. The van der Waals surface area contributed by atoms with Crippen LogP contribution in [0, 0.1) is 0 Å². The molecule has 0 spiro atoms. The van der Waals surface area contributed by atoms with E-state index in [9.17, 15) is 18.4 Å². The van der Waals surface area contributed by atoms with Gasteiger partial charge in [0.15, 0.2) is 0 Å². The number of nitrogens with one attached hydrogen (secondary N) is 1. The third-order valence-electron chi connectivity index (χ3n) is 2.15. The molecule has 1 atom stereocenters. The maximum Gasteiger partial charge on any atom is 0.345 e. The highest BCUT2D eigenvalue weighted by molar-refractivity contribution is 5.88. The van der Waals surface area contributed by atoms with Crippen LogP contribution in [0.2, 0.25) is 0 Å². The van der Waals surface area contributed by atoms with E-state index >= 15 is 0 Å². The van der Waals surface area contributed by atoms with E-state index < -0.39 is 25.2 Å². The van der Waals surface area contributed by atoms with E-state index in [1.807, 2.05) is 0 Å². The fourth-order valence-corrected chi connectivity index (χ4v) is 1.34. The molecule has 86 valence electrons. The summed E-state index contributed by atoms with van der Waals surface area (Å²) in [5.74, 6) is -0.885. The van der Waals surface area contributed by atoms with Crippen molar-refractivity contribution >= 4 is 11.8 Å². The number of hydrogen-bond donors (Lipinski definition) is 1. The second-order valence-electron chi connectivity index (χ2n) is 3.13. The first-order chi connectivity index (χ1) is 7.02. The Morgan fingerprint density at radius 1 is 1.73 bits per heavy atom. The lowest BCUT2D eigenvalue weighted by Gasteiger charge is -2.32. The van der Waals surface area contributed by atoms with Crippen LogP contribution in [0.1, 0.15) is 6.92 Å². The van der Waals surface area contributed by atoms with Gasteiger partial charge in [-0.2, -0.15) is 8.78 Å². The van der Waals surface area contributed by atoms with Gasteiger partial charge in [0.05, 0.1) is 0 Å². The highest BCUT2D eigenvalue weighted by Crippen LogP contribution is 2.05. The summed E-state index contributed by atoms with van der Waals surface area (Å²) in [4.78, 5) is 23.7. The Balaban J connectivity index is 2.47. The van der Waals surface area contributed by atoms with E-state index in [1.54, 1.807) is 0 Å². The minimum absolute atomic E-state index is 0.286. The van der Waals surface area contributed by atoms with E-state index in [1.165, 1.54) is 11.8 Å². The fraction of sp³-hybridized carbons (Fsp3) is 0.750. The van der Waals surface area contributed by atoms with E-state index in [4.69, 9.17) is 0 Å². The van der Waals surface area contributed by atoms with Gasteiger partial charge >= 0.3 is 6.61 Å². The fourth-order valence-electron chi connectivity index (χ4n) is 1.34. The molecule has 0 bridgehead atoms. The molecule has 0 saturated carbocycles. The van der Waals surface area contributed by atoms with Gasteiger partial charge in [0.1, 0.15) is 12.6 Å². The number of halogens is 2. The van der Waals surface area contributed by atoms with Crippen LogP contribution >= 0.6 is 0 Å². The van der Waals surface area contributed by atoms with Gasteiger partial charge in [-0.05, 0) is 6.92 Å². The van der Waals surface area contributed by atoms with Gasteiger partial charge in [0.2, 0.25) is 11.8 Å². The minimum atomic E-state index is -2.97. The van der Waals surface area contributed by atoms with Crippen molar-refractivity contribution in [2.45, 2.75) is 19.6 Å². The topological polar surface area (TPSA) is 58.6 Å². The monoisotopic (exact) mass is 222 g/mol. The van der Waals surface area contributed by atoms with Crippen molar-refractivity contribution in [1.82, 2.24) is 10.2 Å². The molecule has 1 fully saturated rings. The number of ether oxygens (including phenoxy) is 1. The largest absolute Gasteiger partial charge is 0.353 e. The second-order valence-corrected chi connectivity index (χ2v) is 3.13. The summed E-state index contributed by atoms with van der Waals surface area (Å²) in [7, 11) is 0. The number of hydrogen-bond acceptors (Lipinski definition) is 3. The third kappa shape index (κ3) is 3.12. The van der Waals surface area contributed by atoms with Crippen molar-refractivity contribution < 1.29 is 23.1 Å². The Morgan fingerprint density at radius 3 is 3.00 bits per heavy atom. The molecule has 0 aromatic rings. The predicted molar refractivity (Wildman–Crippen MR) is 46.1 cm³/mol. The molecule has 1 unspecified atom stereocenters. The summed E-state index contributed by atoms with van der Waals surface area (Å²) in [6.07, 6.45) is 0. The Bertz CT molecular complexity index is 260. The Morgan fingerprint density at radius 2 is 2.40 bits per heavy atom. The van der Waals surface area contributed by atoms with Crippen LogP contribution in [0.5, 0.6) is 0 Å². The molecule has 0 aromatic heterocycles. The number of carbonyl (C=O) groups excluding carboxylic acids is 2. The summed E-state index contributed by atoms with van der Waals surface area (Å²) in [5.41, 5.74) is 0. The lowest BCUT2D eigenvalue weighted by molar-refractivity contribution is -0.163. The standard InChI is InChI=1S/C8H12F2N2O3/c1-5-7(14)11-2-3-12(5)6(13)4-15-8(9)10/h5,8H,2-4H2,1H3,(H,11,14). The molecule has 1 N–H and O–H groups in total. The number of rotatable bonds is 3. The number of amides is 2. The molecule has 0 aliphatic carbocycles. The van der Waals surface area contributed by atoms with Gasteiger partial charge in [-0.25, -0.2) is 0 Å². The van der Waals surface area contributed by atoms with E-state index in [0.29, 0.717) is 13.1 Å². The maximum atomic E-state index is 11.7. The van der Waals surface area contributed by atoms with Gasteiger partial charge in [-0.15, -0.1) is 0 Å². The molecule has 0 radical (unpaired) electrons. The maximum absolute atomic E-state index is 11.7. The summed E-state index contributed by atoms with van der Waals surface area (Å²) >= 11 is 0. The van der Waals surface area contributed by atoms with Crippen molar-refractivity contribution in [2.75, 3.05) is 19.7 Å². The average molecular weight is 222 g/mol. The van der Waals surface area contributed by atoms with Crippen LogP contribution in [0.4, 0.5) is 8.78 Å². The Hall–Kier alpha value is -1.24. The third-order valence-corrected chi connectivity index (χ3v) is 2.15. The number of alkyl halides is 2. The molecule has 1 rings (SSSR count). The molecule has 1 aliphatic heterocycles. The first-order valence-corrected chi connectivity index (χ1v) is 4.49. The first-order valence-electron chi connectivity index (χ1n) is 4.49. The highest BCUT2D eigenvalue weighted by atomic mass is 19.3. The molecule has 1 saturated heterocycles. The molecule has 15 heavy (non-hydrogen) atoms. The smallest absolute Gasteiger partial charge is 0.345 e. The molecular weight excluding hydrogens is 210 g/mol. The second kappa shape index (κ2) is 5.01. The van der Waals surface area contributed by atoms with E-state index in [-0.39, 0.29) is 5.91 Å². The van der Waals surface area contributed by atoms with Crippen LogP contribution in [0.15, 0.2) is 0 Å². The lowest BCUT2D eigenvalue weighted by atomic mass is 10.2. The minimum Gasteiger partial charge on any atom is -0.353 e. The SMILES string of the molecule is CC1C(=O)NCCN1C(=O)COC(F)F. The number of piperazine rings is 1. The van der Waals surface area contributed by atoms with Crippen LogP contribution in [0.25, 0.3) is 0 Å². The molecule has 2 amide bonds. The summed E-state index contributed by atoms with van der Waals surface area (Å²) < 4.78 is 27.2. The quantitative estimate of drug-likeness (QED) is 0.705. The molecule has 5 nitrogen and oxygen atoms in total. The molecule has 1 aliphatic rings. The average Bonchev–Trinajstić information content (AvgIpc) is 2.18. The first kappa shape index (κ1) is 11.8. The molecular formula is C8H12F2N2O3. The van der Waals surface area contributed by atoms with Gasteiger partial charge in [-0.3, -0.25) is 9.59 Å². The van der Waals surface area contributed by atoms with Gasteiger partial charge in [-0.1, -0.05) is 0 Å². The zero-order valence-corrected chi connectivity index (χ0v) is 8.20. The van der Waals surface area contributed by atoms with Gasteiger partial charge in [0, 0.05) is 13.1 Å². The normalized spacial score (nSPS) is 21.7. The zero-order valence-electron chi connectivity index (χ0n) is 8.20. The van der Waals surface area contributed by atoms with Crippen molar-refractivity contribution in [3.05, 3.63) is 0 Å². The Kier molecular flexibility index (Phi) is 3.96. The number of nitrogens with zero attached hydrogens (tertiary/aromatic N) is 1. The van der Waals surface area contributed by atoms with Gasteiger partial charge in [0.25, 0.3) is 0 Å². The Labute approximate surface area is 85.4 Å². The van der Waals surface area contributed by atoms with Crippen LogP contribution in [-0.2, 0) is 14.3 Å².